The molecule has 1 amide bonds. The van der Waals surface area contributed by atoms with Gasteiger partial charge in [0.2, 0.25) is 5.91 Å². The second-order valence-electron chi connectivity index (χ2n) is 6.99. The number of fused-ring (bicyclic) bond motifs is 2. The van der Waals surface area contributed by atoms with Crippen LogP contribution in [0.25, 0.3) is 0 Å². The minimum Gasteiger partial charge on any atom is -0.337 e. The van der Waals surface area contributed by atoms with Crippen LogP contribution in [-0.4, -0.2) is 29.4 Å². The fourth-order valence-electron chi connectivity index (χ4n) is 4.46. The molecule has 1 aromatic carbocycles. The highest BCUT2D eigenvalue weighted by molar-refractivity contribution is 9.10. The van der Waals surface area contributed by atoms with E-state index in [-0.39, 0.29) is 18.4 Å². The van der Waals surface area contributed by atoms with Crippen LogP contribution in [0, 0.1) is 5.92 Å². The molecule has 1 aliphatic carbocycles. The molecule has 126 valence electrons. The van der Waals surface area contributed by atoms with Gasteiger partial charge in [-0.25, -0.2) is 0 Å². The van der Waals surface area contributed by atoms with Crippen molar-refractivity contribution in [1.29, 1.82) is 0 Å². The van der Waals surface area contributed by atoms with E-state index in [1.54, 1.807) is 0 Å². The lowest BCUT2D eigenvalue weighted by molar-refractivity contribution is -0.134. The van der Waals surface area contributed by atoms with E-state index in [1.165, 1.54) is 36.8 Å². The standard InChI is InChI=1S/C18H23BrN2O.ClH/c19-15-6-3-5-12-8-9-21(11-14(12)15)18(22)17-10-13-4-1-2-7-16(13)20-17;/h3,5-6,13,16-17,20H,1-2,4,7-11H2;1H. The first-order valence-corrected chi connectivity index (χ1v) is 9.33. The van der Waals surface area contributed by atoms with Crippen molar-refractivity contribution in [3.05, 3.63) is 33.8 Å². The zero-order chi connectivity index (χ0) is 15.1. The van der Waals surface area contributed by atoms with Crippen molar-refractivity contribution in [3.8, 4) is 0 Å². The van der Waals surface area contributed by atoms with E-state index in [4.69, 9.17) is 0 Å². The molecule has 3 nitrogen and oxygen atoms in total. The van der Waals surface area contributed by atoms with Gasteiger partial charge < -0.3 is 10.2 Å². The molecule has 1 saturated carbocycles. The van der Waals surface area contributed by atoms with Gasteiger partial charge in [-0.2, -0.15) is 0 Å². The van der Waals surface area contributed by atoms with Crippen LogP contribution < -0.4 is 5.32 Å². The molecule has 0 bridgehead atoms. The van der Waals surface area contributed by atoms with Crippen molar-refractivity contribution >= 4 is 34.2 Å². The van der Waals surface area contributed by atoms with Gasteiger partial charge in [0.15, 0.2) is 0 Å². The Morgan fingerprint density at radius 2 is 2.09 bits per heavy atom. The number of halogens is 2. The van der Waals surface area contributed by atoms with Gasteiger partial charge in [-0.15, -0.1) is 12.4 Å². The largest absolute Gasteiger partial charge is 0.337 e. The van der Waals surface area contributed by atoms with Gasteiger partial charge in [-0.3, -0.25) is 4.79 Å². The van der Waals surface area contributed by atoms with Crippen molar-refractivity contribution in [2.75, 3.05) is 6.54 Å². The molecule has 2 heterocycles. The molecule has 1 N–H and O–H groups in total. The fourth-order valence-corrected chi connectivity index (χ4v) is 4.99. The average Bonchev–Trinajstić information content (AvgIpc) is 2.98. The Labute approximate surface area is 152 Å². The van der Waals surface area contributed by atoms with Crippen molar-refractivity contribution < 1.29 is 4.79 Å². The highest BCUT2D eigenvalue weighted by atomic mass is 79.9. The van der Waals surface area contributed by atoms with Crippen molar-refractivity contribution in [3.63, 3.8) is 0 Å². The van der Waals surface area contributed by atoms with Crippen LogP contribution in [0.3, 0.4) is 0 Å². The monoisotopic (exact) mass is 398 g/mol. The maximum absolute atomic E-state index is 12.9. The van der Waals surface area contributed by atoms with E-state index in [9.17, 15) is 4.79 Å². The summed E-state index contributed by atoms with van der Waals surface area (Å²) in [6, 6.07) is 6.99. The summed E-state index contributed by atoms with van der Waals surface area (Å²) < 4.78 is 1.13. The summed E-state index contributed by atoms with van der Waals surface area (Å²) in [7, 11) is 0. The third kappa shape index (κ3) is 3.31. The molecule has 1 aromatic rings. The first-order valence-electron chi connectivity index (χ1n) is 8.53. The summed E-state index contributed by atoms with van der Waals surface area (Å²) in [6.07, 6.45) is 7.23. The zero-order valence-electron chi connectivity index (χ0n) is 13.3. The molecule has 3 unspecified atom stereocenters. The molecular formula is C18H24BrClN2O. The summed E-state index contributed by atoms with van der Waals surface area (Å²) in [6.45, 7) is 1.61. The van der Waals surface area contributed by atoms with Crippen molar-refractivity contribution in [2.24, 2.45) is 5.92 Å². The van der Waals surface area contributed by atoms with Crippen LogP contribution in [-0.2, 0) is 17.8 Å². The van der Waals surface area contributed by atoms with Gasteiger partial charge in [-0.1, -0.05) is 40.9 Å². The molecule has 4 rings (SSSR count). The second-order valence-corrected chi connectivity index (χ2v) is 7.85. The SMILES string of the molecule is Cl.O=C(C1CC2CCCCC2N1)N1CCc2cccc(Br)c2C1. The van der Waals surface area contributed by atoms with Crippen LogP contribution in [0.5, 0.6) is 0 Å². The van der Waals surface area contributed by atoms with Gasteiger partial charge in [0, 0.05) is 23.6 Å². The quantitative estimate of drug-likeness (QED) is 0.781. The van der Waals surface area contributed by atoms with E-state index >= 15 is 0 Å². The lowest BCUT2D eigenvalue weighted by Crippen LogP contribution is -2.47. The lowest BCUT2D eigenvalue weighted by Gasteiger charge is -2.31. The molecular weight excluding hydrogens is 376 g/mol. The topological polar surface area (TPSA) is 32.3 Å². The number of rotatable bonds is 1. The summed E-state index contributed by atoms with van der Waals surface area (Å²) >= 11 is 3.64. The number of nitrogens with zero attached hydrogens (tertiary/aromatic N) is 1. The van der Waals surface area contributed by atoms with Gasteiger partial charge >= 0.3 is 0 Å². The molecule has 0 spiro atoms. The lowest BCUT2D eigenvalue weighted by atomic mass is 9.85. The molecule has 0 radical (unpaired) electrons. The highest BCUT2D eigenvalue weighted by Crippen LogP contribution is 2.34. The number of carbonyl (C=O) groups excluding carboxylic acids is 1. The smallest absolute Gasteiger partial charge is 0.240 e. The maximum atomic E-state index is 12.9. The van der Waals surface area contributed by atoms with Crippen LogP contribution in [0.1, 0.15) is 43.2 Å². The highest BCUT2D eigenvalue weighted by Gasteiger charge is 2.40. The fraction of sp³-hybridized carbons (Fsp3) is 0.611. The second kappa shape index (κ2) is 7.12. The maximum Gasteiger partial charge on any atom is 0.240 e. The molecule has 2 fully saturated rings. The predicted molar refractivity (Wildman–Crippen MR) is 97.8 cm³/mol. The van der Waals surface area contributed by atoms with E-state index in [0.717, 1.165) is 36.3 Å². The van der Waals surface area contributed by atoms with Crippen molar-refractivity contribution in [2.45, 2.75) is 57.2 Å². The third-order valence-corrected chi connectivity index (χ3v) is 6.43. The molecule has 5 heteroatoms. The normalized spacial score (nSPS) is 29.4. The number of carbonyl (C=O) groups is 1. The molecule has 23 heavy (non-hydrogen) atoms. The molecule has 3 atom stereocenters. The molecule has 1 saturated heterocycles. The Hall–Kier alpha value is -0.580. The van der Waals surface area contributed by atoms with E-state index < -0.39 is 0 Å². The summed E-state index contributed by atoms with van der Waals surface area (Å²) in [5.41, 5.74) is 2.67. The van der Waals surface area contributed by atoms with Crippen LogP contribution in [0.4, 0.5) is 0 Å². The molecule has 2 aliphatic heterocycles. The van der Waals surface area contributed by atoms with E-state index in [2.05, 4.69) is 44.3 Å². The number of hydrogen-bond acceptors (Lipinski definition) is 2. The summed E-state index contributed by atoms with van der Waals surface area (Å²) in [5.74, 6) is 1.04. The Balaban J connectivity index is 0.00000156. The minimum atomic E-state index is 0. The van der Waals surface area contributed by atoms with Gasteiger partial charge in [-0.05, 0) is 48.8 Å². The number of nitrogens with one attached hydrogen (secondary N) is 1. The van der Waals surface area contributed by atoms with Gasteiger partial charge in [0.05, 0.1) is 6.04 Å². The van der Waals surface area contributed by atoms with Crippen LogP contribution in [0.15, 0.2) is 22.7 Å². The molecule has 3 aliphatic rings. The Morgan fingerprint density at radius 3 is 2.91 bits per heavy atom. The van der Waals surface area contributed by atoms with Gasteiger partial charge in [0.1, 0.15) is 0 Å². The van der Waals surface area contributed by atoms with Crippen LogP contribution >= 0.6 is 28.3 Å². The first-order chi connectivity index (χ1) is 10.7. The summed E-state index contributed by atoms with van der Waals surface area (Å²) in [4.78, 5) is 15.0. The van der Waals surface area contributed by atoms with E-state index in [0.29, 0.717) is 11.9 Å². The molecule has 0 aromatic heterocycles. The Bertz CT molecular complexity index is 580. The zero-order valence-corrected chi connectivity index (χ0v) is 15.7. The number of benzene rings is 1. The summed E-state index contributed by atoms with van der Waals surface area (Å²) in [5, 5.41) is 3.63. The third-order valence-electron chi connectivity index (χ3n) is 5.69. The number of hydrogen-bond donors (Lipinski definition) is 1. The Kier molecular flexibility index (Phi) is 5.34. The minimum absolute atomic E-state index is 0. The van der Waals surface area contributed by atoms with Crippen molar-refractivity contribution in [1.82, 2.24) is 10.2 Å². The Morgan fingerprint density at radius 1 is 1.26 bits per heavy atom. The van der Waals surface area contributed by atoms with E-state index in [1.807, 2.05) is 0 Å². The van der Waals surface area contributed by atoms with Gasteiger partial charge in [0.25, 0.3) is 0 Å². The number of amides is 1. The first kappa shape index (κ1) is 17.2. The average molecular weight is 400 g/mol. The van der Waals surface area contributed by atoms with Crippen LogP contribution in [0.2, 0.25) is 0 Å². The predicted octanol–water partition coefficient (Wildman–Crippen LogP) is 3.68.